The Kier molecular flexibility index (Phi) is 4.34. The summed E-state index contributed by atoms with van der Waals surface area (Å²) in [6.45, 7) is 2.05. The summed E-state index contributed by atoms with van der Waals surface area (Å²) in [6.07, 6.45) is 3.55. The van der Waals surface area contributed by atoms with Crippen LogP contribution in [0, 0.1) is 0 Å². The molecular formula is C19H23N3O3S. The lowest BCUT2D eigenvalue weighted by Crippen LogP contribution is -2.17. The van der Waals surface area contributed by atoms with E-state index in [9.17, 15) is 13.2 Å². The molecule has 2 heterocycles. The van der Waals surface area contributed by atoms with E-state index in [0.717, 1.165) is 36.2 Å². The van der Waals surface area contributed by atoms with Crippen molar-refractivity contribution in [3.05, 3.63) is 47.3 Å². The maximum atomic E-state index is 12.7. The number of anilines is 1. The van der Waals surface area contributed by atoms with E-state index in [1.807, 2.05) is 41.9 Å². The predicted octanol–water partition coefficient (Wildman–Crippen LogP) is 2.93. The number of nitrogens with one attached hydrogen (secondary N) is 1. The van der Waals surface area contributed by atoms with Crippen LogP contribution < -0.4 is 5.32 Å². The normalized spacial score (nSPS) is 21.7. The lowest BCUT2D eigenvalue weighted by atomic mass is 10.1. The second kappa shape index (κ2) is 6.54. The van der Waals surface area contributed by atoms with Crippen molar-refractivity contribution in [3.63, 3.8) is 0 Å². The van der Waals surface area contributed by atoms with Crippen LogP contribution in [-0.4, -0.2) is 35.6 Å². The van der Waals surface area contributed by atoms with Gasteiger partial charge in [0.1, 0.15) is 0 Å². The predicted molar refractivity (Wildman–Crippen MR) is 100 cm³/mol. The number of carbonyl (C=O) groups excluding carboxylic acids is 1. The number of amides is 1. The van der Waals surface area contributed by atoms with Crippen molar-refractivity contribution in [1.29, 1.82) is 0 Å². The second-order valence-electron chi connectivity index (χ2n) is 7.19. The van der Waals surface area contributed by atoms with Crippen LogP contribution in [0.3, 0.4) is 0 Å². The first kappa shape index (κ1) is 17.3. The lowest BCUT2D eigenvalue weighted by molar-refractivity contribution is 0.102. The van der Waals surface area contributed by atoms with Crippen LogP contribution in [0.1, 0.15) is 59.9 Å². The fourth-order valence-electron chi connectivity index (χ4n) is 3.60. The molecule has 2 aromatic rings. The minimum Gasteiger partial charge on any atom is -0.320 e. The Labute approximate surface area is 153 Å². The Bertz CT molecular complexity index is 945. The molecule has 1 aromatic carbocycles. The van der Waals surface area contributed by atoms with Crippen LogP contribution >= 0.6 is 0 Å². The van der Waals surface area contributed by atoms with Gasteiger partial charge in [0.25, 0.3) is 5.91 Å². The van der Waals surface area contributed by atoms with Gasteiger partial charge in [-0.05, 0) is 43.4 Å². The number of hydrogen-bond donors (Lipinski definition) is 1. The van der Waals surface area contributed by atoms with E-state index in [-0.39, 0.29) is 23.5 Å². The standard InChI is InChI=1S/C19H23N3O3S/c1-2-13-5-3-4-6-16(13)20-19(23)17-11-18(14-7-8-14)22(21-17)15-9-10-26(24,25)12-15/h3-6,11,14-15H,2,7-10,12H2,1H3,(H,20,23). The summed E-state index contributed by atoms with van der Waals surface area (Å²) >= 11 is 0. The van der Waals surface area contributed by atoms with Crippen molar-refractivity contribution in [2.75, 3.05) is 16.8 Å². The first-order chi connectivity index (χ1) is 12.5. The number of aromatic nitrogens is 2. The minimum atomic E-state index is -3.00. The Hall–Kier alpha value is -2.15. The van der Waals surface area contributed by atoms with E-state index < -0.39 is 9.84 Å². The molecule has 6 nitrogen and oxygen atoms in total. The van der Waals surface area contributed by atoms with Gasteiger partial charge in [0.15, 0.2) is 15.5 Å². The maximum Gasteiger partial charge on any atom is 0.276 e. The molecule has 1 atom stereocenters. The van der Waals surface area contributed by atoms with Gasteiger partial charge in [-0.2, -0.15) is 5.10 Å². The van der Waals surface area contributed by atoms with Crippen LogP contribution in [0.2, 0.25) is 0 Å². The van der Waals surface area contributed by atoms with Crippen molar-refractivity contribution >= 4 is 21.4 Å². The fourth-order valence-corrected chi connectivity index (χ4v) is 5.29. The number of benzene rings is 1. The van der Waals surface area contributed by atoms with Gasteiger partial charge in [0, 0.05) is 17.3 Å². The Balaban J connectivity index is 1.61. The third-order valence-electron chi connectivity index (χ3n) is 5.19. The molecule has 1 unspecified atom stereocenters. The van der Waals surface area contributed by atoms with Gasteiger partial charge in [0.2, 0.25) is 0 Å². The molecule has 138 valence electrons. The molecule has 4 rings (SSSR count). The van der Waals surface area contributed by atoms with Gasteiger partial charge in [-0.3, -0.25) is 9.48 Å². The molecule has 2 fully saturated rings. The largest absolute Gasteiger partial charge is 0.320 e. The quantitative estimate of drug-likeness (QED) is 0.874. The highest BCUT2D eigenvalue weighted by Crippen LogP contribution is 2.42. The lowest BCUT2D eigenvalue weighted by Gasteiger charge is -2.12. The zero-order valence-electron chi connectivity index (χ0n) is 14.8. The molecule has 0 bridgehead atoms. The van der Waals surface area contributed by atoms with Gasteiger partial charge < -0.3 is 5.32 Å². The van der Waals surface area contributed by atoms with Gasteiger partial charge in [0.05, 0.1) is 17.5 Å². The highest BCUT2D eigenvalue weighted by molar-refractivity contribution is 7.91. The molecule has 0 spiro atoms. The number of para-hydroxylation sites is 1. The molecule has 1 aromatic heterocycles. The summed E-state index contributed by atoms with van der Waals surface area (Å²) in [5.41, 5.74) is 3.23. The van der Waals surface area contributed by atoms with Crippen LogP contribution in [0.5, 0.6) is 0 Å². The van der Waals surface area contributed by atoms with Gasteiger partial charge in [-0.25, -0.2) is 8.42 Å². The first-order valence-corrected chi connectivity index (χ1v) is 11.0. The fraction of sp³-hybridized carbons (Fsp3) is 0.474. The summed E-state index contributed by atoms with van der Waals surface area (Å²) < 4.78 is 25.5. The summed E-state index contributed by atoms with van der Waals surface area (Å²) in [5.74, 6) is 0.476. The van der Waals surface area contributed by atoms with E-state index >= 15 is 0 Å². The Morgan fingerprint density at radius 1 is 1.27 bits per heavy atom. The molecule has 1 saturated heterocycles. The molecule has 1 saturated carbocycles. The molecule has 1 N–H and O–H groups in total. The highest BCUT2D eigenvalue weighted by atomic mass is 32.2. The average molecular weight is 373 g/mol. The summed E-state index contributed by atoms with van der Waals surface area (Å²) in [7, 11) is -3.00. The van der Waals surface area contributed by atoms with Crippen LogP contribution in [0.15, 0.2) is 30.3 Å². The van der Waals surface area contributed by atoms with Crippen molar-refractivity contribution in [3.8, 4) is 0 Å². The summed E-state index contributed by atoms with van der Waals surface area (Å²) in [6, 6.07) is 9.42. The van der Waals surface area contributed by atoms with E-state index in [0.29, 0.717) is 18.0 Å². The summed E-state index contributed by atoms with van der Waals surface area (Å²) in [4.78, 5) is 12.7. The zero-order chi connectivity index (χ0) is 18.3. The number of hydrogen-bond acceptors (Lipinski definition) is 4. The van der Waals surface area contributed by atoms with Gasteiger partial charge in [-0.15, -0.1) is 0 Å². The van der Waals surface area contributed by atoms with Crippen LogP contribution in [-0.2, 0) is 16.3 Å². The maximum absolute atomic E-state index is 12.7. The van der Waals surface area contributed by atoms with Gasteiger partial charge in [-0.1, -0.05) is 25.1 Å². The molecule has 1 aliphatic carbocycles. The van der Waals surface area contributed by atoms with Crippen molar-refractivity contribution in [1.82, 2.24) is 9.78 Å². The second-order valence-corrected chi connectivity index (χ2v) is 9.42. The SMILES string of the molecule is CCc1ccccc1NC(=O)c1cc(C2CC2)n(C2CCS(=O)(=O)C2)n1. The molecular weight excluding hydrogens is 350 g/mol. The molecule has 7 heteroatoms. The highest BCUT2D eigenvalue weighted by Gasteiger charge is 2.36. The van der Waals surface area contributed by atoms with Crippen molar-refractivity contribution < 1.29 is 13.2 Å². The number of sulfone groups is 1. The molecule has 2 aliphatic rings. The number of aryl methyl sites for hydroxylation is 1. The number of nitrogens with zero attached hydrogens (tertiary/aromatic N) is 2. The summed E-state index contributed by atoms with van der Waals surface area (Å²) in [5, 5.41) is 7.46. The van der Waals surface area contributed by atoms with E-state index in [4.69, 9.17) is 0 Å². The van der Waals surface area contributed by atoms with Gasteiger partial charge >= 0.3 is 0 Å². The molecule has 1 aliphatic heterocycles. The number of carbonyl (C=O) groups is 1. The third kappa shape index (κ3) is 3.40. The van der Waals surface area contributed by atoms with E-state index in [2.05, 4.69) is 10.4 Å². The topological polar surface area (TPSA) is 81.1 Å². The van der Waals surface area contributed by atoms with Crippen molar-refractivity contribution in [2.24, 2.45) is 0 Å². The third-order valence-corrected chi connectivity index (χ3v) is 6.94. The monoisotopic (exact) mass is 373 g/mol. The Morgan fingerprint density at radius 2 is 2.04 bits per heavy atom. The van der Waals surface area contributed by atoms with E-state index in [1.165, 1.54) is 0 Å². The smallest absolute Gasteiger partial charge is 0.276 e. The molecule has 1 amide bonds. The van der Waals surface area contributed by atoms with Crippen LogP contribution in [0.4, 0.5) is 5.69 Å². The van der Waals surface area contributed by atoms with E-state index in [1.54, 1.807) is 0 Å². The molecule has 0 radical (unpaired) electrons. The number of rotatable bonds is 5. The first-order valence-electron chi connectivity index (χ1n) is 9.16. The Morgan fingerprint density at radius 3 is 2.69 bits per heavy atom. The van der Waals surface area contributed by atoms with Crippen LogP contribution in [0.25, 0.3) is 0 Å². The van der Waals surface area contributed by atoms with Crippen molar-refractivity contribution in [2.45, 2.75) is 44.6 Å². The molecule has 26 heavy (non-hydrogen) atoms. The zero-order valence-corrected chi connectivity index (χ0v) is 15.6. The minimum absolute atomic E-state index is 0.119. The average Bonchev–Trinajstić information content (AvgIpc) is 3.26.